The van der Waals surface area contributed by atoms with Crippen LogP contribution in [-0.2, 0) is 31.6 Å². The summed E-state index contributed by atoms with van der Waals surface area (Å²) in [6, 6.07) is 0. The number of halogens is 1. The zero-order chi connectivity index (χ0) is 21.3. The van der Waals surface area contributed by atoms with Crippen LogP contribution in [0.1, 0.15) is 6.23 Å². The molecular formula is C8H13FN3O12P3S. The van der Waals surface area contributed by atoms with Gasteiger partial charge in [-0.25, -0.2) is 22.9 Å². The Morgan fingerprint density at radius 2 is 1.93 bits per heavy atom. The Balaban J connectivity index is 1.95. The van der Waals surface area contributed by atoms with Crippen LogP contribution < -0.4 is 11.4 Å². The molecule has 1 aromatic rings. The zero-order valence-electron chi connectivity index (χ0n) is 13.3. The van der Waals surface area contributed by atoms with Gasteiger partial charge in [-0.3, -0.25) is 9.09 Å². The molecule has 0 radical (unpaired) electrons. The number of thioether (sulfide) groups is 1. The lowest BCUT2D eigenvalue weighted by Crippen LogP contribution is -2.30. The fourth-order valence-electron chi connectivity index (χ4n) is 1.80. The molecule has 6 N–H and O–H groups in total. The van der Waals surface area contributed by atoms with E-state index in [0.717, 1.165) is 22.5 Å². The van der Waals surface area contributed by atoms with E-state index >= 15 is 0 Å². The number of nitrogens with two attached hydrogens (primary N) is 1. The molecule has 0 spiro atoms. The van der Waals surface area contributed by atoms with E-state index in [4.69, 9.17) is 25.2 Å². The number of ether oxygens (including phenoxy) is 1. The zero-order valence-corrected chi connectivity index (χ0v) is 16.8. The minimum atomic E-state index is -5.63. The third kappa shape index (κ3) is 6.99. The number of phosphoric acid groups is 3. The van der Waals surface area contributed by atoms with Gasteiger partial charge in [-0.2, -0.15) is 13.6 Å². The van der Waals surface area contributed by atoms with Crippen LogP contribution in [0.25, 0.3) is 0 Å². The highest BCUT2D eigenvalue weighted by Crippen LogP contribution is 2.66. The molecule has 15 nitrogen and oxygen atoms in total. The van der Waals surface area contributed by atoms with Gasteiger partial charge in [-0.05, 0) is 0 Å². The molecule has 0 aliphatic carbocycles. The molecule has 1 fully saturated rings. The Bertz CT molecular complexity index is 937. The van der Waals surface area contributed by atoms with Crippen LogP contribution >= 0.6 is 35.2 Å². The van der Waals surface area contributed by atoms with Crippen molar-refractivity contribution >= 4 is 41.0 Å². The van der Waals surface area contributed by atoms with Gasteiger partial charge in [0, 0.05) is 5.75 Å². The van der Waals surface area contributed by atoms with E-state index in [1.807, 2.05) is 0 Å². The van der Waals surface area contributed by atoms with Crippen LogP contribution in [-0.4, -0.2) is 46.9 Å². The second-order valence-electron chi connectivity index (χ2n) is 4.90. The highest BCUT2D eigenvalue weighted by molar-refractivity contribution is 8.00. The fourth-order valence-corrected chi connectivity index (χ4v) is 5.91. The van der Waals surface area contributed by atoms with Crippen LogP contribution in [0.4, 0.5) is 10.2 Å². The van der Waals surface area contributed by atoms with Gasteiger partial charge in [0.2, 0.25) is 0 Å². The predicted molar refractivity (Wildman–Crippen MR) is 89.1 cm³/mol. The maximum atomic E-state index is 13.5. The van der Waals surface area contributed by atoms with E-state index < -0.39 is 59.1 Å². The molecule has 0 bridgehead atoms. The minimum absolute atomic E-state index is 0.0787. The summed E-state index contributed by atoms with van der Waals surface area (Å²) >= 11 is 0.969. The van der Waals surface area contributed by atoms with Gasteiger partial charge in [0.15, 0.2) is 11.6 Å². The van der Waals surface area contributed by atoms with Crippen molar-refractivity contribution in [3.05, 3.63) is 22.5 Å². The van der Waals surface area contributed by atoms with E-state index in [1.54, 1.807) is 0 Å². The van der Waals surface area contributed by atoms with Crippen LogP contribution in [0.5, 0.6) is 0 Å². The van der Waals surface area contributed by atoms with Gasteiger partial charge in [0.05, 0.1) is 12.8 Å². The Labute approximate surface area is 159 Å². The highest BCUT2D eigenvalue weighted by atomic mass is 32.2. The quantitative estimate of drug-likeness (QED) is 0.301. The average molecular weight is 487 g/mol. The minimum Gasteiger partial charge on any atom is -0.381 e. The van der Waals surface area contributed by atoms with Gasteiger partial charge in [-0.15, -0.1) is 11.8 Å². The summed E-state index contributed by atoms with van der Waals surface area (Å²) in [6.07, 6.45) is -0.254. The van der Waals surface area contributed by atoms with Crippen molar-refractivity contribution in [1.29, 1.82) is 0 Å². The maximum Gasteiger partial charge on any atom is 0.490 e. The number of nitrogen functional groups attached to an aromatic ring is 1. The molecule has 2 heterocycles. The van der Waals surface area contributed by atoms with Crippen molar-refractivity contribution in [2.75, 3.05) is 18.1 Å². The van der Waals surface area contributed by atoms with Gasteiger partial charge in [-0.1, -0.05) is 0 Å². The summed E-state index contributed by atoms with van der Waals surface area (Å²) in [5, 5.41) is 0. The molecule has 0 amide bonds. The molecule has 4 atom stereocenters. The average Bonchev–Trinajstić information content (AvgIpc) is 2.94. The summed E-state index contributed by atoms with van der Waals surface area (Å²) in [7, 11) is -16.4. The number of hydrogen-bond acceptors (Lipinski definition) is 11. The first-order valence-corrected chi connectivity index (χ1v) is 12.3. The fraction of sp³-hybridized carbons (Fsp3) is 0.500. The Kier molecular flexibility index (Phi) is 7.25. The molecule has 2 rings (SSSR count). The third-order valence-corrected chi connectivity index (χ3v) is 7.67. The molecule has 1 aromatic heterocycles. The number of anilines is 1. The molecule has 1 aliphatic heterocycles. The molecule has 28 heavy (non-hydrogen) atoms. The lowest BCUT2D eigenvalue weighted by Gasteiger charge is -2.18. The largest absolute Gasteiger partial charge is 0.490 e. The number of nitrogens with zero attached hydrogens (tertiary/aromatic N) is 2. The lowest BCUT2D eigenvalue weighted by molar-refractivity contribution is -0.00692. The first-order valence-electron chi connectivity index (χ1n) is 6.77. The van der Waals surface area contributed by atoms with E-state index in [-0.39, 0.29) is 5.75 Å². The van der Waals surface area contributed by atoms with Gasteiger partial charge >= 0.3 is 29.2 Å². The normalized spacial score (nSPS) is 24.6. The molecule has 2 unspecified atom stereocenters. The summed E-state index contributed by atoms with van der Waals surface area (Å²) in [5.74, 6) is -1.49. The molecule has 160 valence electrons. The van der Waals surface area contributed by atoms with Crippen LogP contribution in [0, 0.1) is 5.82 Å². The van der Waals surface area contributed by atoms with E-state index in [1.165, 1.54) is 0 Å². The van der Waals surface area contributed by atoms with Gasteiger partial charge in [0.25, 0.3) is 0 Å². The van der Waals surface area contributed by atoms with E-state index in [0.29, 0.717) is 0 Å². The van der Waals surface area contributed by atoms with Gasteiger partial charge in [0.1, 0.15) is 11.7 Å². The van der Waals surface area contributed by atoms with Crippen molar-refractivity contribution in [2.45, 2.75) is 11.7 Å². The van der Waals surface area contributed by atoms with Crippen molar-refractivity contribution < 1.29 is 55.5 Å². The third-order valence-electron chi connectivity index (χ3n) is 2.77. The van der Waals surface area contributed by atoms with E-state index in [2.05, 4.69) is 18.1 Å². The van der Waals surface area contributed by atoms with Crippen molar-refractivity contribution in [3.63, 3.8) is 0 Å². The standard InChI is InChI=1S/C8H13FN3O12P3S/c9-4-1-12(8(13)11-7(4)10)5-3-28-6(22-5)2-21-26(17,18)24-27(19,20)23-25(14,15)16/h1,5-6H,2-3H2,(H,17,18)(H,19,20)(H2,10,11,13)(H2,14,15,16)/t5-,6+/m0/s1. The predicted octanol–water partition coefficient (Wildman–Crippen LogP) is -0.104. The van der Waals surface area contributed by atoms with Crippen LogP contribution in [0.15, 0.2) is 11.0 Å². The van der Waals surface area contributed by atoms with Crippen molar-refractivity contribution in [1.82, 2.24) is 9.55 Å². The smallest absolute Gasteiger partial charge is 0.381 e. The first kappa shape index (κ1) is 23.6. The molecular weight excluding hydrogens is 474 g/mol. The van der Waals surface area contributed by atoms with Crippen LogP contribution in [0.2, 0.25) is 0 Å². The van der Waals surface area contributed by atoms with E-state index in [9.17, 15) is 27.8 Å². The maximum absolute atomic E-state index is 13.5. The molecule has 0 aromatic carbocycles. The number of aromatic nitrogens is 2. The highest BCUT2D eigenvalue weighted by Gasteiger charge is 2.41. The molecule has 20 heteroatoms. The summed E-state index contributed by atoms with van der Waals surface area (Å²) in [5.41, 5.74) is 3.26. The summed E-state index contributed by atoms with van der Waals surface area (Å²) < 4.78 is 64.4. The second-order valence-corrected chi connectivity index (χ2v) is 10.5. The second kappa shape index (κ2) is 8.60. The van der Waals surface area contributed by atoms with Crippen molar-refractivity contribution in [2.24, 2.45) is 0 Å². The number of hydrogen-bond donors (Lipinski definition) is 5. The molecule has 1 aliphatic rings. The Morgan fingerprint density at radius 3 is 2.54 bits per heavy atom. The van der Waals surface area contributed by atoms with Gasteiger partial charge < -0.3 is 30.0 Å². The Morgan fingerprint density at radius 1 is 1.29 bits per heavy atom. The number of phosphoric ester groups is 1. The van der Waals surface area contributed by atoms with Crippen LogP contribution in [0.3, 0.4) is 0 Å². The lowest BCUT2D eigenvalue weighted by atomic mass is 10.5. The monoisotopic (exact) mass is 487 g/mol. The number of rotatable bonds is 8. The first-order chi connectivity index (χ1) is 12.7. The SMILES string of the molecule is Nc1nc(=O)n([C@@H]2CS[C@H](COP(=O)(O)OP(=O)(O)OP(=O)(O)O)O2)cc1F. The summed E-state index contributed by atoms with van der Waals surface area (Å²) in [6.45, 7) is -0.718. The molecule has 0 saturated carbocycles. The molecule has 1 saturated heterocycles. The summed E-state index contributed by atoms with van der Waals surface area (Å²) in [4.78, 5) is 50.2. The van der Waals surface area contributed by atoms with Crippen molar-refractivity contribution in [3.8, 4) is 0 Å². The Hall–Kier alpha value is -0.670. The topological polar surface area (TPSA) is 230 Å².